The summed E-state index contributed by atoms with van der Waals surface area (Å²) < 4.78 is 6.29. The normalized spacial score (nSPS) is 26.0. The Labute approximate surface area is 149 Å². The van der Waals surface area contributed by atoms with Crippen molar-refractivity contribution in [3.8, 4) is 0 Å². The summed E-state index contributed by atoms with van der Waals surface area (Å²) in [6.07, 6.45) is 7.34. The van der Waals surface area contributed by atoms with Crippen LogP contribution in [0.15, 0.2) is 18.2 Å². The van der Waals surface area contributed by atoms with Crippen molar-refractivity contribution in [1.82, 2.24) is 4.90 Å². The molecule has 0 bridgehead atoms. The topological polar surface area (TPSA) is 46.6 Å². The molecular formula is C21H27NO3. The van der Waals surface area contributed by atoms with Gasteiger partial charge in [0.05, 0.1) is 12.2 Å². The number of nitrogens with zero attached hydrogens (tertiary/aromatic N) is 1. The molecule has 1 heterocycles. The van der Waals surface area contributed by atoms with E-state index in [4.69, 9.17) is 4.74 Å². The number of Topliss-reactive ketones (excluding diaryl/α,β-unsaturated/α-hetero) is 1. The monoisotopic (exact) mass is 341 g/mol. The van der Waals surface area contributed by atoms with Crippen LogP contribution in [0.1, 0.15) is 71.7 Å². The van der Waals surface area contributed by atoms with Crippen molar-refractivity contribution in [3.05, 3.63) is 34.9 Å². The van der Waals surface area contributed by atoms with Gasteiger partial charge in [-0.1, -0.05) is 31.9 Å². The van der Waals surface area contributed by atoms with Gasteiger partial charge >= 0.3 is 0 Å². The lowest BCUT2D eigenvalue weighted by Crippen LogP contribution is -2.51. The lowest BCUT2D eigenvalue weighted by molar-refractivity contribution is -0.0874. The van der Waals surface area contributed by atoms with Crippen molar-refractivity contribution in [3.63, 3.8) is 0 Å². The van der Waals surface area contributed by atoms with Gasteiger partial charge in [0.15, 0.2) is 5.78 Å². The fourth-order valence-electron chi connectivity index (χ4n) is 4.22. The minimum Gasteiger partial charge on any atom is -0.371 e. The minimum absolute atomic E-state index is 0.0852. The Bertz CT molecular complexity index is 680. The molecule has 1 aromatic rings. The fourth-order valence-corrected chi connectivity index (χ4v) is 4.22. The van der Waals surface area contributed by atoms with Crippen molar-refractivity contribution in [2.24, 2.45) is 5.92 Å². The molecule has 2 atom stereocenters. The van der Waals surface area contributed by atoms with Crippen molar-refractivity contribution < 1.29 is 14.3 Å². The van der Waals surface area contributed by atoms with E-state index >= 15 is 0 Å². The second-order valence-corrected chi connectivity index (χ2v) is 7.74. The predicted octanol–water partition coefficient (Wildman–Crippen LogP) is 3.63. The average Bonchev–Trinajstić information content (AvgIpc) is 3.42. The second kappa shape index (κ2) is 6.91. The molecule has 0 aromatic heterocycles. The van der Waals surface area contributed by atoms with Crippen molar-refractivity contribution >= 4 is 11.7 Å². The van der Waals surface area contributed by atoms with Gasteiger partial charge in [0.25, 0.3) is 5.91 Å². The Hall–Kier alpha value is -1.68. The molecule has 4 heteroatoms. The van der Waals surface area contributed by atoms with Crippen LogP contribution in [-0.2, 0) is 11.2 Å². The van der Waals surface area contributed by atoms with Crippen LogP contribution in [0.5, 0.6) is 0 Å². The van der Waals surface area contributed by atoms with Crippen LogP contribution in [-0.4, -0.2) is 41.9 Å². The Balaban J connectivity index is 1.55. The Morgan fingerprint density at radius 3 is 2.84 bits per heavy atom. The number of fused-ring (bicyclic) bond motifs is 1. The van der Waals surface area contributed by atoms with Gasteiger partial charge in [-0.25, -0.2) is 0 Å². The van der Waals surface area contributed by atoms with Crippen LogP contribution in [0.4, 0.5) is 0 Å². The highest BCUT2D eigenvalue weighted by Gasteiger charge is 2.40. The van der Waals surface area contributed by atoms with E-state index in [9.17, 15) is 9.59 Å². The first-order valence-corrected chi connectivity index (χ1v) is 9.77. The molecule has 4 nitrogen and oxygen atoms in total. The molecule has 1 amide bonds. The molecule has 1 aliphatic heterocycles. The number of ether oxygens (including phenoxy) is 1. The summed E-state index contributed by atoms with van der Waals surface area (Å²) in [7, 11) is 0. The highest BCUT2D eigenvalue weighted by atomic mass is 16.5. The highest BCUT2D eigenvalue weighted by Crippen LogP contribution is 2.38. The zero-order chi connectivity index (χ0) is 17.4. The van der Waals surface area contributed by atoms with Crippen molar-refractivity contribution in [2.45, 2.75) is 64.1 Å². The summed E-state index contributed by atoms with van der Waals surface area (Å²) in [6.45, 7) is 3.57. The van der Waals surface area contributed by atoms with E-state index in [-0.39, 0.29) is 23.9 Å². The van der Waals surface area contributed by atoms with E-state index in [1.807, 2.05) is 23.1 Å². The molecule has 0 N–H and O–H groups in total. The number of amides is 1. The van der Waals surface area contributed by atoms with Gasteiger partial charge in [0, 0.05) is 30.6 Å². The van der Waals surface area contributed by atoms with Gasteiger partial charge in [0.1, 0.15) is 0 Å². The summed E-state index contributed by atoms with van der Waals surface area (Å²) in [5, 5.41) is 0. The molecule has 0 spiro atoms. The Morgan fingerprint density at radius 2 is 2.08 bits per heavy atom. The maximum absolute atomic E-state index is 13.2. The summed E-state index contributed by atoms with van der Waals surface area (Å²) in [5.74, 6) is 0.882. The third-order valence-corrected chi connectivity index (χ3v) is 5.82. The molecule has 3 aliphatic rings. The average molecular weight is 341 g/mol. The largest absolute Gasteiger partial charge is 0.371 e. The first-order valence-electron chi connectivity index (χ1n) is 9.77. The van der Waals surface area contributed by atoms with Crippen LogP contribution in [0.2, 0.25) is 0 Å². The third kappa shape index (κ3) is 3.37. The summed E-state index contributed by atoms with van der Waals surface area (Å²) in [6, 6.07) is 5.60. The van der Waals surface area contributed by atoms with Crippen molar-refractivity contribution in [1.29, 1.82) is 0 Å². The number of benzene rings is 1. The Morgan fingerprint density at radius 1 is 1.24 bits per heavy atom. The first-order chi connectivity index (χ1) is 12.2. The molecule has 1 saturated carbocycles. The smallest absolute Gasteiger partial charge is 0.254 e. The summed E-state index contributed by atoms with van der Waals surface area (Å²) in [5.41, 5.74) is 2.44. The van der Waals surface area contributed by atoms with Crippen LogP contribution < -0.4 is 0 Å². The molecular weight excluding hydrogens is 314 g/mol. The minimum atomic E-state index is 0.0852. The van der Waals surface area contributed by atoms with E-state index in [1.165, 1.54) is 12.8 Å². The zero-order valence-corrected chi connectivity index (χ0v) is 15.0. The van der Waals surface area contributed by atoms with E-state index in [1.54, 1.807) is 0 Å². The van der Waals surface area contributed by atoms with E-state index < -0.39 is 0 Å². The SMILES string of the molecule is CCCC[C@@H]1CN(C(=O)c2cccc3c2CCC3=O)C[C@H](C2CC2)O1. The van der Waals surface area contributed by atoms with Gasteiger partial charge < -0.3 is 9.64 Å². The maximum atomic E-state index is 13.2. The molecule has 1 saturated heterocycles. The number of hydrogen-bond donors (Lipinski definition) is 0. The molecule has 25 heavy (non-hydrogen) atoms. The number of hydrogen-bond acceptors (Lipinski definition) is 3. The van der Waals surface area contributed by atoms with Crippen molar-refractivity contribution in [2.75, 3.05) is 13.1 Å². The molecule has 4 rings (SSSR count). The van der Waals surface area contributed by atoms with Crippen LogP contribution in [0, 0.1) is 5.92 Å². The summed E-state index contributed by atoms with van der Waals surface area (Å²) >= 11 is 0. The quantitative estimate of drug-likeness (QED) is 0.822. The number of morpholine rings is 1. The molecule has 2 fully saturated rings. The standard InChI is InChI=1S/C21H27NO3/c1-2-3-5-15-12-22(13-20(25-15)14-8-9-14)21(24)18-7-4-6-17-16(18)10-11-19(17)23/h4,6-7,14-15,20H,2-3,5,8-13H2,1H3/t15-,20-/m1/s1. The molecule has 2 aliphatic carbocycles. The van der Waals surface area contributed by atoms with E-state index in [2.05, 4.69) is 6.92 Å². The molecule has 134 valence electrons. The lowest BCUT2D eigenvalue weighted by Gasteiger charge is -2.39. The number of rotatable bonds is 5. The highest BCUT2D eigenvalue weighted by molar-refractivity contribution is 6.05. The zero-order valence-electron chi connectivity index (χ0n) is 15.0. The van der Waals surface area contributed by atoms with Crippen LogP contribution >= 0.6 is 0 Å². The van der Waals surface area contributed by atoms with Gasteiger partial charge in [-0.2, -0.15) is 0 Å². The van der Waals surface area contributed by atoms with Gasteiger partial charge in [0.2, 0.25) is 0 Å². The summed E-state index contributed by atoms with van der Waals surface area (Å²) in [4.78, 5) is 27.2. The third-order valence-electron chi connectivity index (χ3n) is 5.82. The Kier molecular flexibility index (Phi) is 4.63. The number of ketones is 1. The number of carbonyl (C=O) groups is 2. The van der Waals surface area contributed by atoms with Gasteiger partial charge in [-0.3, -0.25) is 9.59 Å². The van der Waals surface area contributed by atoms with E-state index in [0.29, 0.717) is 31.8 Å². The maximum Gasteiger partial charge on any atom is 0.254 e. The predicted molar refractivity (Wildman–Crippen MR) is 95.9 cm³/mol. The van der Waals surface area contributed by atoms with Gasteiger partial charge in [-0.05, 0) is 43.2 Å². The molecule has 0 unspecified atom stereocenters. The number of carbonyl (C=O) groups excluding carboxylic acids is 2. The molecule has 0 radical (unpaired) electrons. The second-order valence-electron chi connectivity index (χ2n) is 7.74. The first kappa shape index (κ1) is 16.8. The van der Waals surface area contributed by atoms with Gasteiger partial charge in [-0.15, -0.1) is 0 Å². The van der Waals surface area contributed by atoms with E-state index in [0.717, 1.165) is 36.0 Å². The fraction of sp³-hybridized carbons (Fsp3) is 0.619. The lowest BCUT2D eigenvalue weighted by atomic mass is 10.0. The van der Waals surface area contributed by atoms with Crippen LogP contribution in [0.3, 0.4) is 0 Å². The van der Waals surface area contributed by atoms with Crippen LogP contribution in [0.25, 0.3) is 0 Å². The number of unbranched alkanes of at least 4 members (excludes halogenated alkanes) is 1. The molecule has 1 aromatic carbocycles.